The van der Waals surface area contributed by atoms with Gasteiger partial charge in [0.25, 0.3) is 0 Å². The highest BCUT2D eigenvalue weighted by atomic mass is 16.4. The molecule has 0 amide bonds. The first-order chi connectivity index (χ1) is 6.16. The van der Waals surface area contributed by atoms with E-state index in [9.17, 15) is 9.59 Å². The zero-order valence-electron chi connectivity index (χ0n) is 6.94. The molecule has 0 unspecified atom stereocenters. The SMILES string of the molecule is Cc1c(N=C=O)cccc1C(=O)O. The van der Waals surface area contributed by atoms with Crippen LogP contribution < -0.4 is 0 Å². The summed E-state index contributed by atoms with van der Waals surface area (Å²) in [5.41, 5.74) is 0.963. The topological polar surface area (TPSA) is 66.7 Å². The number of aliphatic imine (C=N–C) groups is 1. The molecule has 0 aliphatic rings. The van der Waals surface area contributed by atoms with Gasteiger partial charge in [-0.1, -0.05) is 6.07 Å². The molecule has 13 heavy (non-hydrogen) atoms. The van der Waals surface area contributed by atoms with E-state index in [2.05, 4.69) is 4.99 Å². The molecule has 0 bridgehead atoms. The molecule has 4 heteroatoms. The van der Waals surface area contributed by atoms with Gasteiger partial charge in [-0.15, -0.1) is 0 Å². The van der Waals surface area contributed by atoms with Crippen LogP contribution in [0.1, 0.15) is 15.9 Å². The highest BCUT2D eigenvalue weighted by Gasteiger charge is 2.08. The molecule has 1 aromatic carbocycles. The third-order valence-electron chi connectivity index (χ3n) is 1.70. The number of hydrogen-bond donors (Lipinski definition) is 1. The van der Waals surface area contributed by atoms with Crippen molar-refractivity contribution >= 4 is 17.7 Å². The molecule has 0 saturated carbocycles. The maximum Gasteiger partial charge on any atom is 0.336 e. The fourth-order valence-corrected chi connectivity index (χ4v) is 1.03. The number of benzene rings is 1. The molecule has 0 aliphatic heterocycles. The molecular formula is C9H7NO3. The summed E-state index contributed by atoms with van der Waals surface area (Å²) in [5, 5.41) is 8.72. The van der Waals surface area contributed by atoms with Crippen molar-refractivity contribution in [2.24, 2.45) is 4.99 Å². The maximum absolute atomic E-state index is 10.6. The normalized spacial score (nSPS) is 9.00. The highest BCUT2D eigenvalue weighted by Crippen LogP contribution is 2.20. The van der Waals surface area contributed by atoms with Crippen LogP contribution in [0.4, 0.5) is 5.69 Å². The molecule has 0 atom stereocenters. The number of carbonyl (C=O) groups excluding carboxylic acids is 1. The van der Waals surface area contributed by atoms with Crippen molar-refractivity contribution in [2.75, 3.05) is 0 Å². The average molecular weight is 177 g/mol. The van der Waals surface area contributed by atoms with Crippen LogP contribution in [0, 0.1) is 6.92 Å². The minimum absolute atomic E-state index is 0.150. The lowest BCUT2D eigenvalue weighted by Crippen LogP contribution is -1.98. The summed E-state index contributed by atoms with van der Waals surface area (Å²) in [6.07, 6.45) is 1.37. The number of rotatable bonds is 2. The fraction of sp³-hybridized carbons (Fsp3) is 0.111. The maximum atomic E-state index is 10.6. The largest absolute Gasteiger partial charge is 0.478 e. The Labute approximate surface area is 74.5 Å². The van der Waals surface area contributed by atoms with Crippen LogP contribution in [0.25, 0.3) is 0 Å². The second-order valence-electron chi connectivity index (χ2n) is 2.46. The minimum atomic E-state index is -1.03. The zero-order valence-corrected chi connectivity index (χ0v) is 6.94. The number of carboxylic acid groups (broad SMARTS) is 1. The molecule has 1 N–H and O–H groups in total. The van der Waals surface area contributed by atoms with E-state index in [0.29, 0.717) is 11.3 Å². The Morgan fingerprint density at radius 3 is 2.77 bits per heavy atom. The van der Waals surface area contributed by atoms with Crippen molar-refractivity contribution in [1.82, 2.24) is 0 Å². The van der Waals surface area contributed by atoms with Crippen LogP contribution in [0.2, 0.25) is 0 Å². The van der Waals surface area contributed by atoms with Crippen molar-refractivity contribution in [3.8, 4) is 0 Å². The molecule has 1 rings (SSSR count). The predicted molar refractivity (Wildman–Crippen MR) is 45.9 cm³/mol. The number of hydrogen-bond acceptors (Lipinski definition) is 3. The lowest BCUT2D eigenvalue weighted by atomic mass is 10.1. The van der Waals surface area contributed by atoms with Crippen LogP contribution in [-0.4, -0.2) is 17.2 Å². The van der Waals surface area contributed by atoms with E-state index in [1.165, 1.54) is 18.2 Å². The Morgan fingerprint density at radius 2 is 2.23 bits per heavy atom. The molecule has 66 valence electrons. The average Bonchev–Trinajstić information content (AvgIpc) is 2.08. The summed E-state index contributed by atoms with van der Waals surface area (Å²) in [5.74, 6) is -1.03. The van der Waals surface area contributed by atoms with E-state index in [4.69, 9.17) is 5.11 Å². The molecule has 0 fully saturated rings. The number of nitrogens with zero attached hydrogens (tertiary/aromatic N) is 1. The molecule has 0 aliphatic carbocycles. The van der Waals surface area contributed by atoms with Gasteiger partial charge in [-0.25, -0.2) is 9.59 Å². The third kappa shape index (κ3) is 1.80. The molecule has 0 spiro atoms. The summed E-state index contributed by atoms with van der Waals surface area (Å²) in [6, 6.07) is 4.56. The Kier molecular flexibility index (Phi) is 2.57. The zero-order chi connectivity index (χ0) is 9.84. The predicted octanol–water partition coefficient (Wildman–Crippen LogP) is 1.66. The lowest BCUT2D eigenvalue weighted by molar-refractivity contribution is 0.0696. The van der Waals surface area contributed by atoms with Gasteiger partial charge in [-0.2, -0.15) is 4.99 Å². The smallest absolute Gasteiger partial charge is 0.336 e. The monoisotopic (exact) mass is 177 g/mol. The van der Waals surface area contributed by atoms with E-state index in [1.807, 2.05) is 0 Å². The van der Waals surface area contributed by atoms with Gasteiger partial charge in [0.15, 0.2) is 0 Å². The molecule has 1 aromatic rings. The summed E-state index contributed by atoms with van der Waals surface area (Å²) >= 11 is 0. The second kappa shape index (κ2) is 3.65. The van der Waals surface area contributed by atoms with Gasteiger partial charge in [0.2, 0.25) is 6.08 Å². The Bertz CT molecular complexity index is 372. The first-order valence-corrected chi connectivity index (χ1v) is 3.57. The van der Waals surface area contributed by atoms with Crippen molar-refractivity contribution in [3.63, 3.8) is 0 Å². The molecule has 0 saturated heterocycles. The first kappa shape index (κ1) is 9.16. The van der Waals surface area contributed by atoms with Gasteiger partial charge in [-0.05, 0) is 24.6 Å². The molecule has 0 radical (unpaired) electrons. The second-order valence-corrected chi connectivity index (χ2v) is 2.46. The minimum Gasteiger partial charge on any atom is -0.478 e. The van der Waals surface area contributed by atoms with Crippen molar-refractivity contribution in [3.05, 3.63) is 29.3 Å². The van der Waals surface area contributed by atoms with Gasteiger partial charge in [-0.3, -0.25) is 0 Å². The summed E-state index contributed by atoms with van der Waals surface area (Å²) in [6.45, 7) is 1.60. The highest BCUT2D eigenvalue weighted by molar-refractivity contribution is 5.91. The van der Waals surface area contributed by atoms with Crippen LogP contribution in [0.3, 0.4) is 0 Å². The lowest BCUT2D eigenvalue weighted by Gasteiger charge is -2.01. The standard InChI is InChI=1S/C9H7NO3/c1-6-7(9(12)13)3-2-4-8(6)10-5-11/h2-4H,1H3,(H,12,13). The van der Waals surface area contributed by atoms with Crippen LogP contribution in [-0.2, 0) is 4.79 Å². The number of carboxylic acids is 1. The quantitative estimate of drug-likeness (QED) is 0.551. The van der Waals surface area contributed by atoms with Crippen molar-refractivity contribution in [1.29, 1.82) is 0 Å². The van der Waals surface area contributed by atoms with E-state index in [0.717, 1.165) is 0 Å². The molecular weight excluding hydrogens is 170 g/mol. The van der Waals surface area contributed by atoms with Crippen LogP contribution >= 0.6 is 0 Å². The van der Waals surface area contributed by atoms with E-state index < -0.39 is 5.97 Å². The van der Waals surface area contributed by atoms with Gasteiger partial charge < -0.3 is 5.11 Å². The van der Waals surface area contributed by atoms with Gasteiger partial charge in [0, 0.05) is 0 Å². The third-order valence-corrected chi connectivity index (χ3v) is 1.70. The van der Waals surface area contributed by atoms with Crippen molar-refractivity contribution < 1.29 is 14.7 Å². The number of aromatic carboxylic acids is 1. The van der Waals surface area contributed by atoms with Gasteiger partial charge in [0.05, 0.1) is 11.3 Å². The number of carbonyl (C=O) groups is 1. The Morgan fingerprint density at radius 1 is 1.54 bits per heavy atom. The summed E-state index contributed by atoms with van der Waals surface area (Å²) in [7, 11) is 0. The fourth-order valence-electron chi connectivity index (χ4n) is 1.03. The van der Waals surface area contributed by atoms with Crippen molar-refractivity contribution in [2.45, 2.75) is 6.92 Å². The first-order valence-electron chi connectivity index (χ1n) is 3.57. The van der Waals surface area contributed by atoms with E-state index in [1.54, 1.807) is 13.0 Å². The molecule has 4 nitrogen and oxygen atoms in total. The van der Waals surface area contributed by atoms with Crippen LogP contribution in [0.15, 0.2) is 23.2 Å². The Hall–Kier alpha value is -1.93. The molecule has 0 aromatic heterocycles. The molecule has 0 heterocycles. The number of isocyanates is 1. The van der Waals surface area contributed by atoms with Gasteiger partial charge >= 0.3 is 5.97 Å². The van der Waals surface area contributed by atoms with E-state index in [-0.39, 0.29) is 5.56 Å². The summed E-state index contributed by atoms with van der Waals surface area (Å²) < 4.78 is 0. The summed E-state index contributed by atoms with van der Waals surface area (Å²) in [4.78, 5) is 24.0. The van der Waals surface area contributed by atoms with Crippen LogP contribution in [0.5, 0.6) is 0 Å². The Balaban J connectivity index is 3.34. The van der Waals surface area contributed by atoms with Gasteiger partial charge in [0.1, 0.15) is 0 Å². The van der Waals surface area contributed by atoms with E-state index >= 15 is 0 Å².